The lowest BCUT2D eigenvalue weighted by Gasteiger charge is -2.04. The Morgan fingerprint density at radius 3 is 2.22 bits per heavy atom. The third-order valence-corrected chi connectivity index (χ3v) is 3.96. The van der Waals surface area contributed by atoms with E-state index in [1.165, 1.54) is 11.3 Å². The number of aryl methyl sites for hydroxylation is 1. The molecular weight excluding hydrogens is 310 g/mol. The molecule has 0 aliphatic heterocycles. The number of esters is 1. The largest absolute Gasteiger partial charge is 0.422 e. The van der Waals surface area contributed by atoms with Crippen LogP contribution in [-0.4, -0.2) is 16.7 Å². The zero-order valence-corrected chi connectivity index (χ0v) is 13.2. The summed E-state index contributed by atoms with van der Waals surface area (Å²) in [6, 6.07) is 15.5. The Labute approximate surface area is 137 Å². The van der Waals surface area contributed by atoms with Gasteiger partial charge in [0, 0.05) is 16.5 Å². The van der Waals surface area contributed by atoms with Crippen LogP contribution in [0.25, 0.3) is 0 Å². The summed E-state index contributed by atoms with van der Waals surface area (Å²) in [5.41, 5.74) is 1.45. The normalized spacial score (nSPS) is 10.3. The molecule has 0 fully saturated rings. The van der Waals surface area contributed by atoms with Crippen molar-refractivity contribution in [3.8, 4) is 5.75 Å². The molecule has 0 amide bonds. The second-order valence-electron chi connectivity index (χ2n) is 4.86. The van der Waals surface area contributed by atoms with Crippen molar-refractivity contribution in [1.82, 2.24) is 4.98 Å². The van der Waals surface area contributed by atoms with Crippen molar-refractivity contribution in [2.45, 2.75) is 6.92 Å². The van der Waals surface area contributed by atoms with Crippen molar-refractivity contribution < 1.29 is 14.3 Å². The molecule has 23 heavy (non-hydrogen) atoms. The number of hydrogen-bond acceptors (Lipinski definition) is 5. The summed E-state index contributed by atoms with van der Waals surface area (Å²) in [6.45, 7) is 1.82. The molecule has 1 heterocycles. The number of nitrogens with zero attached hydrogens (tertiary/aromatic N) is 1. The third kappa shape index (κ3) is 3.52. The number of thiazole rings is 1. The Morgan fingerprint density at radius 1 is 0.957 bits per heavy atom. The monoisotopic (exact) mass is 323 g/mol. The van der Waals surface area contributed by atoms with E-state index in [4.69, 9.17) is 4.74 Å². The molecule has 0 atom stereocenters. The fourth-order valence-electron chi connectivity index (χ4n) is 2.05. The van der Waals surface area contributed by atoms with Gasteiger partial charge in [-0.05, 0) is 31.2 Å². The van der Waals surface area contributed by atoms with Crippen LogP contribution in [0, 0.1) is 6.92 Å². The minimum absolute atomic E-state index is 0.0707. The third-order valence-electron chi connectivity index (χ3n) is 3.19. The Kier molecular flexibility index (Phi) is 4.30. The Bertz CT molecular complexity index is 838. The van der Waals surface area contributed by atoms with E-state index in [0.29, 0.717) is 16.9 Å². The number of aromatic nitrogens is 1. The van der Waals surface area contributed by atoms with Gasteiger partial charge >= 0.3 is 5.97 Å². The summed E-state index contributed by atoms with van der Waals surface area (Å²) in [7, 11) is 0. The predicted octanol–water partition coefficient (Wildman–Crippen LogP) is 3.90. The molecule has 0 unspecified atom stereocenters. The first kappa shape index (κ1) is 15.1. The van der Waals surface area contributed by atoms with Gasteiger partial charge in [0.25, 0.3) is 0 Å². The van der Waals surface area contributed by atoms with Crippen molar-refractivity contribution in [3.63, 3.8) is 0 Å². The number of carbonyl (C=O) groups excluding carboxylic acids is 2. The molecule has 0 radical (unpaired) electrons. The van der Waals surface area contributed by atoms with Gasteiger partial charge in [-0.25, -0.2) is 9.78 Å². The fourth-order valence-corrected chi connectivity index (χ4v) is 2.63. The number of benzene rings is 2. The van der Waals surface area contributed by atoms with E-state index in [0.717, 1.165) is 5.01 Å². The summed E-state index contributed by atoms with van der Waals surface area (Å²) in [5, 5.41) is 2.46. The summed E-state index contributed by atoms with van der Waals surface area (Å²) >= 11 is 1.39. The van der Waals surface area contributed by atoms with E-state index in [1.54, 1.807) is 41.8 Å². The summed E-state index contributed by atoms with van der Waals surface area (Å²) in [5.74, 6) is -0.194. The van der Waals surface area contributed by atoms with Crippen LogP contribution in [0.15, 0.2) is 60.0 Å². The molecule has 5 heteroatoms. The van der Waals surface area contributed by atoms with Crippen LogP contribution < -0.4 is 4.74 Å². The van der Waals surface area contributed by atoms with Crippen LogP contribution in [0.1, 0.15) is 31.4 Å². The average Bonchev–Trinajstić information content (AvgIpc) is 3.02. The Morgan fingerprint density at radius 2 is 1.61 bits per heavy atom. The van der Waals surface area contributed by atoms with Gasteiger partial charge in [0.1, 0.15) is 5.75 Å². The zero-order chi connectivity index (χ0) is 16.2. The van der Waals surface area contributed by atoms with E-state index in [-0.39, 0.29) is 11.5 Å². The minimum atomic E-state index is -0.503. The maximum atomic E-state index is 12.3. The highest BCUT2D eigenvalue weighted by molar-refractivity contribution is 7.09. The molecule has 3 aromatic rings. The lowest BCUT2D eigenvalue weighted by molar-refractivity contribution is 0.0729. The Hall–Kier alpha value is -2.79. The second-order valence-corrected chi connectivity index (χ2v) is 5.92. The highest BCUT2D eigenvalue weighted by Crippen LogP contribution is 2.17. The van der Waals surface area contributed by atoms with Crippen LogP contribution in [0.2, 0.25) is 0 Å². The topological polar surface area (TPSA) is 56.3 Å². The number of hydrogen-bond donors (Lipinski definition) is 0. The smallest absolute Gasteiger partial charge is 0.363 e. The van der Waals surface area contributed by atoms with Crippen molar-refractivity contribution in [1.29, 1.82) is 0 Å². The summed E-state index contributed by atoms with van der Waals surface area (Å²) < 4.78 is 5.25. The number of ketones is 1. The molecule has 4 nitrogen and oxygen atoms in total. The SMILES string of the molecule is Cc1nc(C(=O)Oc2ccc(C(=O)c3ccccc3)cc2)cs1. The molecule has 0 spiro atoms. The van der Waals surface area contributed by atoms with Crippen LogP contribution in [-0.2, 0) is 0 Å². The molecule has 0 saturated carbocycles. The highest BCUT2D eigenvalue weighted by Gasteiger charge is 2.13. The van der Waals surface area contributed by atoms with Gasteiger partial charge in [0.15, 0.2) is 11.5 Å². The summed E-state index contributed by atoms with van der Waals surface area (Å²) in [4.78, 5) is 28.3. The van der Waals surface area contributed by atoms with Gasteiger partial charge in [0.05, 0.1) is 5.01 Å². The quantitative estimate of drug-likeness (QED) is 0.415. The number of rotatable bonds is 4. The van der Waals surface area contributed by atoms with Gasteiger partial charge in [-0.15, -0.1) is 11.3 Å². The standard InChI is InChI=1S/C18H13NO3S/c1-12-19-16(11-23-12)18(21)22-15-9-7-14(8-10-15)17(20)13-5-3-2-4-6-13/h2-11H,1H3. The van der Waals surface area contributed by atoms with Crippen LogP contribution >= 0.6 is 11.3 Å². The van der Waals surface area contributed by atoms with Gasteiger partial charge in [0.2, 0.25) is 0 Å². The lowest BCUT2D eigenvalue weighted by Crippen LogP contribution is -2.09. The molecule has 114 valence electrons. The van der Waals surface area contributed by atoms with Crippen molar-refractivity contribution in [2.75, 3.05) is 0 Å². The Balaban J connectivity index is 1.72. The van der Waals surface area contributed by atoms with Crippen molar-refractivity contribution in [3.05, 3.63) is 81.8 Å². The van der Waals surface area contributed by atoms with Crippen LogP contribution in [0.4, 0.5) is 0 Å². The zero-order valence-electron chi connectivity index (χ0n) is 12.4. The maximum absolute atomic E-state index is 12.3. The van der Waals surface area contributed by atoms with E-state index >= 15 is 0 Å². The van der Waals surface area contributed by atoms with E-state index in [2.05, 4.69) is 4.98 Å². The van der Waals surface area contributed by atoms with E-state index < -0.39 is 5.97 Å². The van der Waals surface area contributed by atoms with Gasteiger partial charge in [-0.2, -0.15) is 0 Å². The number of carbonyl (C=O) groups is 2. The maximum Gasteiger partial charge on any atom is 0.363 e. The minimum Gasteiger partial charge on any atom is -0.422 e. The molecule has 2 aromatic carbocycles. The molecule has 3 rings (SSSR count). The first-order valence-corrected chi connectivity index (χ1v) is 7.85. The van der Waals surface area contributed by atoms with E-state index in [9.17, 15) is 9.59 Å². The molecular formula is C18H13NO3S. The molecule has 0 aliphatic rings. The fraction of sp³-hybridized carbons (Fsp3) is 0.0556. The van der Waals surface area contributed by atoms with Gasteiger partial charge in [-0.3, -0.25) is 4.79 Å². The van der Waals surface area contributed by atoms with Crippen molar-refractivity contribution in [2.24, 2.45) is 0 Å². The van der Waals surface area contributed by atoms with Gasteiger partial charge in [-0.1, -0.05) is 30.3 Å². The summed E-state index contributed by atoms with van der Waals surface area (Å²) in [6.07, 6.45) is 0. The first-order chi connectivity index (χ1) is 11.1. The highest BCUT2D eigenvalue weighted by atomic mass is 32.1. The molecule has 1 aromatic heterocycles. The first-order valence-electron chi connectivity index (χ1n) is 6.97. The number of ether oxygens (including phenoxy) is 1. The average molecular weight is 323 g/mol. The second kappa shape index (κ2) is 6.54. The molecule has 0 aliphatic carbocycles. The van der Waals surface area contributed by atoms with Crippen molar-refractivity contribution >= 4 is 23.1 Å². The molecule has 0 saturated heterocycles. The molecule has 0 N–H and O–H groups in total. The van der Waals surface area contributed by atoms with Crippen LogP contribution in [0.5, 0.6) is 5.75 Å². The molecule has 0 bridgehead atoms. The van der Waals surface area contributed by atoms with Crippen LogP contribution in [0.3, 0.4) is 0 Å². The van der Waals surface area contributed by atoms with E-state index in [1.807, 2.05) is 25.1 Å². The van der Waals surface area contributed by atoms with Gasteiger partial charge < -0.3 is 4.74 Å². The predicted molar refractivity (Wildman–Crippen MR) is 88.1 cm³/mol. The lowest BCUT2D eigenvalue weighted by atomic mass is 10.0.